The maximum atomic E-state index is 10.8. The lowest BCUT2D eigenvalue weighted by molar-refractivity contribution is -0.140. The molecule has 0 unspecified atom stereocenters. The minimum absolute atomic E-state index is 0.135. The Labute approximate surface area is 98.3 Å². The Morgan fingerprint density at radius 2 is 2.00 bits per heavy atom. The fourth-order valence-corrected chi connectivity index (χ4v) is 2.01. The average molecular weight is 228 g/mol. The van der Waals surface area contributed by atoms with E-state index in [0.29, 0.717) is 6.42 Å². The van der Waals surface area contributed by atoms with Crippen molar-refractivity contribution < 1.29 is 9.53 Å². The van der Waals surface area contributed by atoms with Gasteiger partial charge in [-0.2, -0.15) is 0 Å². The molecule has 16 heavy (non-hydrogen) atoms. The summed E-state index contributed by atoms with van der Waals surface area (Å²) in [4.78, 5) is 13.3. The van der Waals surface area contributed by atoms with Crippen LogP contribution in [0.5, 0.6) is 0 Å². The van der Waals surface area contributed by atoms with Crippen LogP contribution in [0.1, 0.15) is 32.1 Å². The van der Waals surface area contributed by atoms with Gasteiger partial charge in [-0.25, -0.2) is 0 Å². The van der Waals surface area contributed by atoms with E-state index in [1.807, 2.05) is 0 Å². The number of likely N-dealkylation sites (tertiary alicyclic amines) is 1. The second-order valence-electron chi connectivity index (χ2n) is 4.33. The Morgan fingerprint density at radius 1 is 1.25 bits per heavy atom. The van der Waals surface area contributed by atoms with Crippen LogP contribution in [0, 0.1) is 0 Å². The maximum Gasteiger partial charge on any atom is 0.306 e. The van der Waals surface area contributed by atoms with Gasteiger partial charge in [0.1, 0.15) is 0 Å². The molecule has 0 bridgehead atoms. The minimum Gasteiger partial charge on any atom is -0.469 e. The zero-order valence-corrected chi connectivity index (χ0v) is 10.3. The van der Waals surface area contributed by atoms with E-state index < -0.39 is 0 Å². The molecular formula is C12H24N2O2. The maximum absolute atomic E-state index is 10.8. The van der Waals surface area contributed by atoms with Gasteiger partial charge < -0.3 is 15.0 Å². The Morgan fingerprint density at radius 3 is 2.69 bits per heavy atom. The molecule has 1 N–H and O–H groups in total. The molecule has 0 saturated carbocycles. The second kappa shape index (κ2) is 8.53. The second-order valence-corrected chi connectivity index (χ2v) is 4.33. The fourth-order valence-electron chi connectivity index (χ4n) is 2.01. The topological polar surface area (TPSA) is 41.6 Å². The molecule has 0 aromatic heterocycles. The molecule has 1 rings (SSSR count). The molecule has 0 aliphatic carbocycles. The fraction of sp³-hybridized carbons (Fsp3) is 0.917. The van der Waals surface area contributed by atoms with Gasteiger partial charge in [-0.05, 0) is 51.9 Å². The zero-order valence-electron chi connectivity index (χ0n) is 10.3. The number of unbranched alkanes of at least 4 members (excludes halogenated alkanes) is 1. The van der Waals surface area contributed by atoms with E-state index in [4.69, 9.17) is 0 Å². The quantitative estimate of drug-likeness (QED) is 0.497. The van der Waals surface area contributed by atoms with Crippen molar-refractivity contribution in [2.45, 2.75) is 32.1 Å². The van der Waals surface area contributed by atoms with E-state index in [0.717, 1.165) is 13.1 Å². The first kappa shape index (κ1) is 13.5. The highest BCUT2D eigenvalue weighted by molar-refractivity contribution is 5.69. The van der Waals surface area contributed by atoms with Crippen molar-refractivity contribution >= 4 is 5.97 Å². The van der Waals surface area contributed by atoms with Crippen LogP contribution >= 0.6 is 0 Å². The molecule has 1 heterocycles. The SMILES string of the molecule is COC(=O)CCNCCCCN1CCCC1. The molecule has 1 aliphatic rings. The molecule has 0 spiro atoms. The van der Waals surface area contributed by atoms with Crippen molar-refractivity contribution in [3.05, 3.63) is 0 Å². The third-order valence-electron chi connectivity index (χ3n) is 3.01. The van der Waals surface area contributed by atoms with Gasteiger partial charge >= 0.3 is 5.97 Å². The predicted octanol–water partition coefficient (Wildman–Crippen LogP) is 1.02. The number of carbonyl (C=O) groups is 1. The number of methoxy groups -OCH3 is 1. The number of esters is 1. The number of nitrogens with zero attached hydrogens (tertiary/aromatic N) is 1. The Kier molecular flexibility index (Phi) is 7.17. The monoisotopic (exact) mass is 228 g/mol. The van der Waals surface area contributed by atoms with Crippen LogP contribution < -0.4 is 5.32 Å². The van der Waals surface area contributed by atoms with Crippen LogP contribution in [0.4, 0.5) is 0 Å². The van der Waals surface area contributed by atoms with E-state index in [9.17, 15) is 4.79 Å². The van der Waals surface area contributed by atoms with Gasteiger partial charge in [-0.15, -0.1) is 0 Å². The van der Waals surface area contributed by atoms with Gasteiger partial charge in [-0.1, -0.05) is 0 Å². The molecule has 4 heteroatoms. The van der Waals surface area contributed by atoms with Gasteiger partial charge in [0.2, 0.25) is 0 Å². The van der Waals surface area contributed by atoms with Crippen molar-refractivity contribution in [1.82, 2.24) is 10.2 Å². The number of nitrogens with one attached hydrogen (secondary N) is 1. The van der Waals surface area contributed by atoms with Crippen molar-refractivity contribution in [2.75, 3.05) is 39.8 Å². The Bertz CT molecular complexity index is 191. The van der Waals surface area contributed by atoms with Crippen LogP contribution in [-0.2, 0) is 9.53 Å². The first-order valence-electron chi connectivity index (χ1n) is 6.33. The molecular weight excluding hydrogens is 204 g/mol. The van der Waals surface area contributed by atoms with E-state index in [-0.39, 0.29) is 5.97 Å². The highest BCUT2D eigenvalue weighted by Gasteiger charge is 2.09. The smallest absolute Gasteiger partial charge is 0.306 e. The number of carbonyl (C=O) groups excluding carboxylic acids is 1. The molecule has 0 aromatic carbocycles. The molecule has 0 radical (unpaired) electrons. The summed E-state index contributed by atoms with van der Waals surface area (Å²) >= 11 is 0. The lowest BCUT2D eigenvalue weighted by Gasteiger charge is -2.13. The van der Waals surface area contributed by atoms with Gasteiger partial charge in [0.05, 0.1) is 13.5 Å². The third kappa shape index (κ3) is 6.08. The highest BCUT2D eigenvalue weighted by Crippen LogP contribution is 2.07. The molecule has 0 aromatic rings. The standard InChI is InChI=1S/C12H24N2O2/c1-16-12(15)6-8-13-7-2-3-9-14-10-4-5-11-14/h13H,2-11H2,1H3. The van der Waals surface area contributed by atoms with Crippen molar-refractivity contribution in [3.63, 3.8) is 0 Å². The van der Waals surface area contributed by atoms with Gasteiger partial charge in [0.15, 0.2) is 0 Å². The summed E-state index contributed by atoms with van der Waals surface area (Å²) in [5, 5.41) is 3.26. The highest BCUT2D eigenvalue weighted by atomic mass is 16.5. The van der Waals surface area contributed by atoms with Crippen LogP contribution in [0.2, 0.25) is 0 Å². The van der Waals surface area contributed by atoms with E-state index >= 15 is 0 Å². The number of hydrogen-bond donors (Lipinski definition) is 1. The lowest BCUT2D eigenvalue weighted by atomic mass is 10.3. The normalized spacial score (nSPS) is 16.6. The van der Waals surface area contributed by atoms with E-state index in [1.165, 1.54) is 52.4 Å². The van der Waals surface area contributed by atoms with E-state index in [2.05, 4.69) is 15.0 Å². The summed E-state index contributed by atoms with van der Waals surface area (Å²) in [6.45, 7) is 5.55. The minimum atomic E-state index is -0.135. The average Bonchev–Trinajstić information content (AvgIpc) is 2.80. The summed E-state index contributed by atoms with van der Waals surface area (Å²) in [7, 11) is 1.43. The molecule has 1 saturated heterocycles. The van der Waals surface area contributed by atoms with Crippen LogP contribution in [0.3, 0.4) is 0 Å². The van der Waals surface area contributed by atoms with Gasteiger partial charge in [-0.3, -0.25) is 4.79 Å². The van der Waals surface area contributed by atoms with Crippen LogP contribution in [0.15, 0.2) is 0 Å². The zero-order chi connectivity index (χ0) is 11.6. The summed E-state index contributed by atoms with van der Waals surface area (Å²) < 4.78 is 4.56. The molecule has 4 nitrogen and oxygen atoms in total. The van der Waals surface area contributed by atoms with Gasteiger partial charge in [0, 0.05) is 6.54 Å². The third-order valence-corrected chi connectivity index (χ3v) is 3.01. The number of rotatable bonds is 8. The molecule has 0 amide bonds. The first-order chi connectivity index (χ1) is 7.83. The number of hydrogen-bond acceptors (Lipinski definition) is 4. The summed E-state index contributed by atoms with van der Waals surface area (Å²) in [5.74, 6) is -0.135. The van der Waals surface area contributed by atoms with E-state index in [1.54, 1.807) is 0 Å². The van der Waals surface area contributed by atoms with Crippen LogP contribution in [0.25, 0.3) is 0 Å². The Hall–Kier alpha value is -0.610. The molecule has 0 atom stereocenters. The lowest BCUT2D eigenvalue weighted by Crippen LogP contribution is -2.23. The van der Waals surface area contributed by atoms with Crippen molar-refractivity contribution in [2.24, 2.45) is 0 Å². The van der Waals surface area contributed by atoms with Crippen molar-refractivity contribution in [3.8, 4) is 0 Å². The summed E-state index contributed by atoms with van der Waals surface area (Å²) in [6, 6.07) is 0. The van der Waals surface area contributed by atoms with Crippen molar-refractivity contribution in [1.29, 1.82) is 0 Å². The summed E-state index contributed by atoms with van der Waals surface area (Å²) in [6.07, 6.45) is 5.67. The molecule has 1 fully saturated rings. The Balaban J connectivity index is 1.79. The summed E-state index contributed by atoms with van der Waals surface area (Å²) in [5.41, 5.74) is 0. The predicted molar refractivity (Wildman–Crippen MR) is 64.4 cm³/mol. The van der Waals surface area contributed by atoms with Gasteiger partial charge in [0.25, 0.3) is 0 Å². The number of ether oxygens (including phenoxy) is 1. The largest absolute Gasteiger partial charge is 0.469 e. The first-order valence-corrected chi connectivity index (χ1v) is 6.33. The van der Waals surface area contributed by atoms with Crippen LogP contribution in [-0.4, -0.2) is 50.7 Å². The molecule has 1 aliphatic heterocycles. The molecule has 94 valence electrons.